The number of aromatic nitrogens is 5. The monoisotopic (exact) mass is 795 g/mol. The maximum Gasteiger partial charge on any atom is 0.278 e. The van der Waals surface area contributed by atoms with Crippen LogP contribution < -0.4 is 31.3 Å². The molecule has 9 rings (SSSR count). The van der Waals surface area contributed by atoms with E-state index in [2.05, 4.69) is 91.6 Å². The predicted molar refractivity (Wildman–Crippen MR) is 232 cm³/mol. The lowest BCUT2D eigenvalue weighted by molar-refractivity contribution is -0.133. The van der Waals surface area contributed by atoms with Crippen molar-refractivity contribution < 1.29 is 9.59 Å². The minimum atomic E-state index is -0.373. The van der Waals surface area contributed by atoms with E-state index >= 15 is 0 Å². The zero-order chi connectivity index (χ0) is 40.5. The van der Waals surface area contributed by atoms with Crippen LogP contribution in [0.1, 0.15) is 62.6 Å². The van der Waals surface area contributed by atoms with Gasteiger partial charge in [0.1, 0.15) is 11.4 Å². The lowest BCUT2D eigenvalue weighted by atomic mass is 9.95. The highest BCUT2D eigenvalue weighted by Gasteiger charge is 2.28. The van der Waals surface area contributed by atoms with E-state index in [9.17, 15) is 14.4 Å². The lowest BCUT2D eigenvalue weighted by Crippen LogP contribution is -2.49. The van der Waals surface area contributed by atoms with Crippen LogP contribution in [0, 0.1) is 5.92 Å². The van der Waals surface area contributed by atoms with Crippen molar-refractivity contribution in [2.24, 2.45) is 5.92 Å². The SMILES string of the molecule is C=CCn1c(=O)c2cnc(Nc3ccc(N4CCN(CC5CCN(c6ccc(NC7CCC(=O)NC7=O)cc6)CC5)CC4)cc3)nc2n1-c1ccc2c(n1)[C@@H](CC)CC2. The van der Waals surface area contributed by atoms with Crippen molar-refractivity contribution >= 4 is 51.5 Å². The van der Waals surface area contributed by atoms with Crippen LogP contribution in [0.4, 0.5) is 28.7 Å². The molecule has 14 heteroatoms. The quantitative estimate of drug-likeness (QED) is 0.107. The summed E-state index contributed by atoms with van der Waals surface area (Å²) in [6.07, 6.45) is 9.73. The van der Waals surface area contributed by atoms with Crippen molar-refractivity contribution in [1.82, 2.24) is 34.5 Å². The number of allylic oxidation sites excluding steroid dienone is 1. The van der Waals surface area contributed by atoms with Gasteiger partial charge in [0.25, 0.3) is 5.56 Å². The number of piperazine rings is 1. The number of hydrogen-bond donors (Lipinski definition) is 3. The molecule has 3 fully saturated rings. The first kappa shape index (κ1) is 38.5. The van der Waals surface area contributed by atoms with Gasteiger partial charge in [-0.2, -0.15) is 4.98 Å². The Balaban J connectivity index is 0.774. The highest BCUT2D eigenvalue weighted by molar-refractivity contribution is 6.01. The number of piperidine rings is 2. The van der Waals surface area contributed by atoms with Gasteiger partial charge in [0.2, 0.25) is 17.8 Å². The molecule has 0 spiro atoms. The number of carbonyl (C=O) groups is 2. The number of anilines is 5. The van der Waals surface area contributed by atoms with Crippen molar-refractivity contribution in [2.75, 3.05) is 66.2 Å². The summed E-state index contributed by atoms with van der Waals surface area (Å²) in [7, 11) is 0. The highest BCUT2D eigenvalue weighted by Crippen LogP contribution is 2.35. The molecule has 3 aliphatic heterocycles. The number of rotatable bonds is 12. The van der Waals surface area contributed by atoms with E-state index in [1.165, 1.54) is 29.8 Å². The summed E-state index contributed by atoms with van der Waals surface area (Å²) < 4.78 is 3.45. The molecule has 0 bridgehead atoms. The topological polar surface area (TPSA) is 146 Å². The second kappa shape index (κ2) is 16.7. The Morgan fingerprint density at radius 2 is 1.53 bits per heavy atom. The van der Waals surface area contributed by atoms with Crippen LogP contribution in [-0.4, -0.2) is 92.9 Å². The Hall–Kier alpha value is -6.02. The standard InChI is InChI=1S/C45H53N11O3/c1-3-21-55-44(59)37-28-46-45(51-42(37)56(55)39-17-7-32-6-5-31(4-2)41(32)49-39)48-34-10-14-36(15-11-34)54-26-24-52(25-27-54)29-30-19-22-53(23-20-30)35-12-8-33(9-13-35)47-38-16-18-40(57)50-43(38)58/h3,7-15,17,28,30-31,38,47H,1,4-6,16,18-27,29H2,2H3,(H,46,48,51)(H,50,57,58)/t31-,38?/m0/s1. The molecule has 4 aliphatic rings. The lowest BCUT2D eigenvalue weighted by Gasteiger charge is -2.40. The Labute approximate surface area is 344 Å². The van der Waals surface area contributed by atoms with Crippen LogP contribution in [0.25, 0.3) is 16.9 Å². The predicted octanol–water partition coefficient (Wildman–Crippen LogP) is 5.60. The van der Waals surface area contributed by atoms with Crippen LogP contribution in [0.5, 0.6) is 0 Å². The molecular formula is C45H53N11O3. The molecule has 306 valence electrons. The van der Waals surface area contributed by atoms with E-state index in [1.807, 2.05) is 22.9 Å². The second-order valence-electron chi connectivity index (χ2n) is 16.4. The molecule has 1 aliphatic carbocycles. The first-order valence-corrected chi connectivity index (χ1v) is 21.2. The van der Waals surface area contributed by atoms with Crippen molar-refractivity contribution in [1.29, 1.82) is 0 Å². The molecule has 2 aromatic carbocycles. The van der Waals surface area contributed by atoms with Gasteiger partial charge in [-0.3, -0.25) is 24.6 Å². The maximum absolute atomic E-state index is 13.5. The van der Waals surface area contributed by atoms with Gasteiger partial charge in [-0.05, 0) is 105 Å². The molecule has 0 radical (unpaired) electrons. The second-order valence-corrected chi connectivity index (χ2v) is 16.4. The van der Waals surface area contributed by atoms with Gasteiger partial charge in [0.15, 0.2) is 11.5 Å². The fourth-order valence-electron chi connectivity index (χ4n) is 9.26. The summed E-state index contributed by atoms with van der Waals surface area (Å²) in [4.78, 5) is 59.1. The average molecular weight is 796 g/mol. The molecule has 3 saturated heterocycles. The highest BCUT2D eigenvalue weighted by atomic mass is 16.2. The van der Waals surface area contributed by atoms with Crippen LogP contribution in [0.15, 0.2) is 84.3 Å². The largest absolute Gasteiger partial charge is 0.374 e. The number of amides is 2. The molecule has 3 aromatic heterocycles. The third kappa shape index (κ3) is 8.05. The van der Waals surface area contributed by atoms with Gasteiger partial charge in [-0.25, -0.2) is 19.3 Å². The Morgan fingerprint density at radius 1 is 0.814 bits per heavy atom. The van der Waals surface area contributed by atoms with Gasteiger partial charge >= 0.3 is 0 Å². The molecule has 1 unspecified atom stereocenters. The molecule has 5 aromatic rings. The normalized spacial score (nSPS) is 20.2. The summed E-state index contributed by atoms with van der Waals surface area (Å²) in [6.45, 7) is 13.7. The number of imide groups is 1. The zero-order valence-electron chi connectivity index (χ0n) is 33.8. The molecule has 6 heterocycles. The van der Waals surface area contributed by atoms with Crippen molar-refractivity contribution in [3.8, 4) is 5.82 Å². The van der Waals surface area contributed by atoms with Crippen LogP contribution in [0.2, 0.25) is 0 Å². The first-order valence-electron chi connectivity index (χ1n) is 21.2. The van der Waals surface area contributed by atoms with E-state index in [0.717, 1.165) is 82.1 Å². The average Bonchev–Trinajstić information content (AvgIpc) is 3.80. The van der Waals surface area contributed by atoms with Crippen molar-refractivity contribution in [2.45, 2.75) is 70.4 Å². The van der Waals surface area contributed by atoms with Crippen molar-refractivity contribution in [3.63, 3.8) is 0 Å². The fraction of sp³-hybridized carbons (Fsp3) is 0.422. The van der Waals surface area contributed by atoms with E-state index < -0.39 is 0 Å². The molecule has 0 saturated carbocycles. The molecule has 2 atom stereocenters. The Kier molecular flexibility index (Phi) is 10.9. The Morgan fingerprint density at radius 3 is 2.22 bits per heavy atom. The summed E-state index contributed by atoms with van der Waals surface area (Å²) >= 11 is 0. The molecule has 3 N–H and O–H groups in total. The number of nitrogens with one attached hydrogen (secondary N) is 3. The summed E-state index contributed by atoms with van der Waals surface area (Å²) in [5.41, 5.74) is 6.93. The molecule has 59 heavy (non-hydrogen) atoms. The zero-order valence-corrected chi connectivity index (χ0v) is 33.8. The number of hydrogen-bond acceptors (Lipinski definition) is 11. The molecule has 14 nitrogen and oxygen atoms in total. The summed E-state index contributed by atoms with van der Waals surface area (Å²) in [6, 6.07) is 20.5. The van der Waals surface area contributed by atoms with E-state index in [0.29, 0.717) is 54.0 Å². The van der Waals surface area contributed by atoms with Crippen molar-refractivity contribution in [3.05, 3.63) is 101 Å². The number of nitrogens with zero attached hydrogens (tertiary/aromatic N) is 8. The third-order valence-corrected chi connectivity index (χ3v) is 12.6. The van der Waals surface area contributed by atoms with E-state index in [4.69, 9.17) is 9.97 Å². The maximum atomic E-state index is 13.5. The van der Waals surface area contributed by atoms with Crippen LogP contribution in [0.3, 0.4) is 0 Å². The van der Waals surface area contributed by atoms with Gasteiger partial charge in [0.05, 0.1) is 6.54 Å². The third-order valence-electron chi connectivity index (χ3n) is 12.6. The van der Waals surface area contributed by atoms with Crippen LogP contribution >= 0.6 is 0 Å². The number of carbonyl (C=O) groups excluding carboxylic acids is 2. The smallest absolute Gasteiger partial charge is 0.278 e. The first-order chi connectivity index (χ1) is 28.8. The van der Waals surface area contributed by atoms with E-state index in [1.54, 1.807) is 17.0 Å². The van der Waals surface area contributed by atoms with Gasteiger partial charge in [0, 0.05) is 92.8 Å². The fourth-order valence-corrected chi connectivity index (χ4v) is 9.26. The van der Waals surface area contributed by atoms with Crippen LogP contribution in [-0.2, 0) is 22.6 Å². The molecule has 2 amide bonds. The van der Waals surface area contributed by atoms with Gasteiger partial charge < -0.3 is 20.4 Å². The summed E-state index contributed by atoms with van der Waals surface area (Å²) in [5.74, 6) is 1.76. The number of fused-ring (bicyclic) bond motifs is 2. The number of benzene rings is 2. The minimum Gasteiger partial charge on any atom is -0.374 e. The number of pyridine rings is 1. The molecular weight excluding hydrogens is 743 g/mol. The number of aryl methyl sites for hydroxylation is 1. The van der Waals surface area contributed by atoms with Gasteiger partial charge in [-0.1, -0.05) is 19.1 Å². The van der Waals surface area contributed by atoms with E-state index in [-0.39, 0.29) is 23.4 Å². The Bertz CT molecular complexity index is 2390. The minimum absolute atomic E-state index is 0.169. The summed E-state index contributed by atoms with van der Waals surface area (Å²) in [5, 5.41) is 9.49. The van der Waals surface area contributed by atoms with Gasteiger partial charge in [-0.15, -0.1) is 6.58 Å².